The third-order valence-corrected chi connectivity index (χ3v) is 4.42. The fourth-order valence-corrected chi connectivity index (χ4v) is 3.03. The van der Waals surface area contributed by atoms with Crippen molar-refractivity contribution in [1.29, 1.82) is 4.78 Å². The number of amides is 1. The molecule has 100 valence electrons. The van der Waals surface area contributed by atoms with E-state index in [1.807, 2.05) is 20.8 Å². The van der Waals surface area contributed by atoms with Crippen LogP contribution in [0.3, 0.4) is 0 Å². The van der Waals surface area contributed by atoms with Gasteiger partial charge in [-0.15, -0.1) is 0 Å². The topological polar surface area (TPSA) is 79.2 Å². The van der Waals surface area contributed by atoms with E-state index in [-0.39, 0.29) is 5.25 Å². The SMILES string of the molecule is CC(C)(C)OC(=O)NCC1CC(S(C)(=N)=O)C1. The summed E-state index contributed by atoms with van der Waals surface area (Å²) in [4.78, 5) is 11.4. The molecule has 1 amide bonds. The lowest BCUT2D eigenvalue weighted by molar-refractivity contribution is 0.0511. The average Bonchev–Trinajstić information content (AvgIpc) is 1.93. The molecule has 0 aromatic heterocycles. The Labute approximate surface area is 103 Å². The summed E-state index contributed by atoms with van der Waals surface area (Å²) in [5.41, 5.74) is -0.481. The van der Waals surface area contributed by atoms with E-state index >= 15 is 0 Å². The van der Waals surface area contributed by atoms with Crippen molar-refractivity contribution in [2.45, 2.75) is 44.5 Å². The molecule has 2 N–H and O–H groups in total. The molecule has 1 unspecified atom stereocenters. The van der Waals surface area contributed by atoms with Crippen molar-refractivity contribution in [1.82, 2.24) is 5.32 Å². The number of carbonyl (C=O) groups excluding carboxylic acids is 1. The van der Waals surface area contributed by atoms with Gasteiger partial charge in [-0.2, -0.15) is 0 Å². The number of carbonyl (C=O) groups is 1. The van der Waals surface area contributed by atoms with Crippen LogP contribution in [0, 0.1) is 10.7 Å². The number of nitrogens with one attached hydrogen (secondary N) is 2. The molecule has 0 saturated heterocycles. The number of alkyl carbamates (subject to hydrolysis) is 1. The molecule has 0 aromatic carbocycles. The summed E-state index contributed by atoms with van der Waals surface area (Å²) >= 11 is 0. The Morgan fingerprint density at radius 1 is 1.47 bits per heavy atom. The van der Waals surface area contributed by atoms with E-state index in [1.54, 1.807) is 0 Å². The maximum atomic E-state index is 11.4. The van der Waals surface area contributed by atoms with Gasteiger partial charge in [0.1, 0.15) is 5.60 Å². The van der Waals surface area contributed by atoms with Crippen LogP contribution in [0.25, 0.3) is 0 Å². The first-order chi connectivity index (χ1) is 7.58. The zero-order valence-corrected chi connectivity index (χ0v) is 11.7. The quantitative estimate of drug-likeness (QED) is 0.816. The van der Waals surface area contributed by atoms with Gasteiger partial charge in [-0.3, -0.25) is 4.78 Å². The first-order valence-corrected chi connectivity index (χ1v) is 7.80. The van der Waals surface area contributed by atoms with E-state index in [9.17, 15) is 9.00 Å². The molecule has 1 aliphatic rings. The van der Waals surface area contributed by atoms with Crippen molar-refractivity contribution in [3.63, 3.8) is 0 Å². The summed E-state index contributed by atoms with van der Waals surface area (Å²) in [6.45, 7) is 6.00. The van der Waals surface area contributed by atoms with Crippen LogP contribution in [0.5, 0.6) is 0 Å². The smallest absolute Gasteiger partial charge is 0.407 e. The van der Waals surface area contributed by atoms with Gasteiger partial charge in [0.2, 0.25) is 0 Å². The minimum atomic E-state index is -2.41. The first kappa shape index (κ1) is 14.3. The Balaban J connectivity index is 2.21. The third kappa shape index (κ3) is 4.93. The largest absolute Gasteiger partial charge is 0.444 e. The first-order valence-electron chi connectivity index (χ1n) is 5.77. The second-order valence-corrected chi connectivity index (χ2v) is 8.22. The van der Waals surface area contributed by atoms with Gasteiger partial charge >= 0.3 is 6.09 Å². The Hall–Kier alpha value is -0.780. The highest BCUT2D eigenvalue weighted by atomic mass is 32.2. The van der Waals surface area contributed by atoms with Crippen LogP contribution < -0.4 is 5.32 Å². The van der Waals surface area contributed by atoms with Crippen LogP contribution in [-0.4, -0.2) is 34.0 Å². The van der Waals surface area contributed by atoms with Crippen molar-refractivity contribution in [3.8, 4) is 0 Å². The zero-order valence-electron chi connectivity index (χ0n) is 10.9. The lowest BCUT2D eigenvalue weighted by Crippen LogP contribution is -2.42. The van der Waals surface area contributed by atoms with Crippen molar-refractivity contribution in [3.05, 3.63) is 0 Å². The fraction of sp³-hybridized carbons (Fsp3) is 0.909. The zero-order chi connectivity index (χ0) is 13.3. The Morgan fingerprint density at radius 2 is 2.00 bits per heavy atom. The summed E-state index contributed by atoms with van der Waals surface area (Å²) in [6, 6.07) is 0. The van der Waals surface area contributed by atoms with Gasteiger partial charge in [0.15, 0.2) is 0 Å². The molecule has 1 rings (SSSR count). The molecular weight excluding hydrogens is 240 g/mol. The Kier molecular flexibility index (Phi) is 4.06. The number of ether oxygens (including phenoxy) is 1. The van der Waals surface area contributed by atoms with Crippen LogP contribution in [0.2, 0.25) is 0 Å². The van der Waals surface area contributed by atoms with Gasteiger partial charge in [0.25, 0.3) is 0 Å². The molecule has 6 heteroatoms. The molecule has 1 saturated carbocycles. The predicted octanol–water partition coefficient (Wildman–Crippen LogP) is 1.97. The predicted molar refractivity (Wildman–Crippen MR) is 67.5 cm³/mol. The van der Waals surface area contributed by atoms with E-state index in [1.165, 1.54) is 6.26 Å². The van der Waals surface area contributed by atoms with E-state index < -0.39 is 21.4 Å². The van der Waals surface area contributed by atoms with E-state index in [4.69, 9.17) is 9.52 Å². The summed E-state index contributed by atoms with van der Waals surface area (Å²) in [7, 11) is -2.41. The molecule has 0 heterocycles. The number of rotatable bonds is 3. The van der Waals surface area contributed by atoms with Crippen LogP contribution in [-0.2, 0) is 14.5 Å². The lowest BCUT2D eigenvalue weighted by atomic mass is 9.85. The average molecular weight is 262 g/mol. The summed E-state index contributed by atoms with van der Waals surface area (Å²) in [5.74, 6) is 0.332. The molecule has 1 atom stereocenters. The maximum absolute atomic E-state index is 11.4. The maximum Gasteiger partial charge on any atom is 0.407 e. The molecule has 0 bridgehead atoms. The van der Waals surface area contributed by atoms with Gasteiger partial charge in [-0.1, -0.05) is 0 Å². The highest BCUT2D eigenvalue weighted by Gasteiger charge is 2.34. The molecule has 1 aliphatic carbocycles. The number of hydrogen-bond acceptors (Lipinski definition) is 4. The second-order valence-electron chi connectivity index (χ2n) is 5.75. The summed E-state index contributed by atoms with van der Waals surface area (Å²) in [5, 5.41) is 2.69. The minimum absolute atomic E-state index is 0.00654. The standard InChI is InChI=1S/C11H22N2O3S/c1-11(2,3)16-10(14)13-7-8-5-9(6-8)17(4,12)15/h8-9,12H,5-7H2,1-4H3,(H,13,14). The van der Waals surface area contributed by atoms with Crippen molar-refractivity contribution < 1.29 is 13.7 Å². The molecular formula is C11H22N2O3S. The van der Waals surface area contributed by atoms with Gasteiger partial charge < -0.3 is 10.1 Å². The van der Waals surface area contributed by atoms with E-state index in [0.29, 0.717) is 12.5 Å². The van der Waals surface area contributed by atoms with Crippen molar-refractivity contribution in [2.24, 2.45) is 5.92 Å². The molecule has 0 aliphatic heterocycles. The van der Waals surface area contributed by atoms with Crippen LogP contribution in [0.15, 0.2) is 0 Å². The number of hydrogen-bond donors (Lipinski definition) is 2. The van der Waals surface area contributed by atoms with Crippen molar-refractivity contribution >= 4 is 15.8 Å². The molecule has 17 heavy (non-hydrogen) atoms. The van der Waals surface area contributed by atoms with Crippen LogP contribution in [0.4, 0.5) is 4.79 Å². The summed E-state index contributed by atoms with van der Waals surface area (Å²) in [6.07, 6.45) is 2.59. The molecule has 0 aromatic rings. The molecule has 5 nitrogen and oxygen atoms in total. The normalized spacial score (nSPS) is 27.8. The Morgan fingerprint density at radius 3 is 2.41 bits per heavy atom. The Bertz CT molecular complexity index is 378. The highest BCUT2D eigenvalue weighted by molar-refractivity contribution is 7.92. The fourth-order valence-electron chi connectivity index (χ4n) is 1.75. The van der Waals surface area contributed by atoms with Gasteiger partial charge in [-0.05, 0) is 39.5 Å². The van der Waals surface area contributed by atoms with Gasteiger partial charge in [-0.25, -0.2) is 9.00 Å². The van der Waals surface area contributed by atoms with Crippen molar-refractivity contribution in [2.75, 3.05) is 12.8 Å². The lowest BCUT2D eigenvalue weighted by Gasteiger charge is -2.35. The van der Waals surface area contributed by atoms with E-state index in [2.05, 4.69) is 5.32 Å². The third-order valence-electron chi connectivity index (χ3n) is 2.76. The van der Waals surface area contributed by atoms with Crippen LogP contribution >= 0.6 is 0 Å². The molecule has 1 fully saturated rings. The highest BCUT2D eigenvalue weighted by Crippen LogP contribution is 2.32. The van der Waals surface area contributed by atoms with Gasteiger partial charge in [0.05, 0.1) is 0 Å². The van der Waals surface area contributed by atoms with Gasteiger partial charge in [0, 0.05) is 27.8 Å². The van der Waals surface area contributed by atoms with E-state index in [0.717, 1.165) is 12.8 Å². The molecule has 0 radical (unpaired) electrons. The second kappa shape index (κ2) is 4.84. The minimum Gasteiger partial charge on any atom is -0.444 e. The monoisotopic (exact) mass is 262 g/mol. The van der Waals surface area contributed by atoms with Crippen LogP contribution in [0.1, 0.15) is 33.6 Å². The summed E-state index contributed by atoms with van der Waals surface area (Å²) < 4.78 is 23.9. The molecule has 0 spiro atoms.